The fourth-order valence-corrected chi connectivity index (χ4v) is 3.97. The number of fused-ring (bicyclic) bond motifs is 1. The molecule has 1 aromatic heterocycles. The van der Waals surface area contributed by atoms with Crippen LogP contribution in [-0.2, 0) is 6.54 Å². The quantitative estimate of drug-likeness (QED) is 0.515. The third kappa shape index (κ3) is 3.54. The van der Waals surface area contributed by atoms with E-state index < -0.39 is 10.8 Å². The highest BCUT2D eigenvalue weighted by atomic mass is 35.5. The molecular weight excluding hydrogens is 388 g/mol. The number of hydrogen-bond donors (Lipinski definition) is 1. The Morgan fingerprint density at radius 2 is 2.15 bits per heavy atom. The van der Waals surface area contributed by atoms with Crippen LogP contribution in [0.25, 0.3) is 11.3 Å². The first-order chi connectivity index (χ1) is 13.0. The van der Waals surface area contributed by atoms with E-state index in [9.17, 15) is 14.9 Å². The number of carbonyl (C=O) groups is 1. The number of aromatic nitrogens is 2. The lowest BCUT2D eigenvalue weighted by molar-refractivity contribution is -0.385. The molecule has 1 aliphatic rings. The molecule has 0 atom stereocenters. The predicted octanol–water partition coefficient (Wildman–Crippen LogP) is 4.47. The first-order valence-corrected chi connectivity index (χ1v) is 9.43. The Balaban J connectivity index is 1.61. The smallest absolute Gasteiger partial charge is 0.282 e. The van der Waals surface area contributed by atoms with Crippen molar-refractivity contribution in [3.63, 3.8) is 0 Å². The number of halogens is 1. The Morgan fingerprint density at radius 3 is 2.93 bits per heavy atom. The van der Waals surface area contributed by atoms with Crippen molar-refractivity contribution in [3.05, 3.63) is 69.4 Å². The number of nitrogens with one attached hydrogen (secondary N) is 1. The molecule has 7 nitrogen and oxygen atoms in total. The number of carbonyl (C=O) groups excluding carboxylic acids is 1. The topological polar surface area (TPSA) is 90.1 Å². The highest BCUT2D eigenvalue weighted by Gasteiger charge is 2.21. The van der Waals surface area contributed by atoms with Crippen molar-refractivity contribution < 1.29 is 9.72 Å². The molecular formula is C18H13ClN4O3S. The van der Waals surface area contributed by atoms with Crippen LogP contribution in [-0.4, -0.2) is 26.1 Å². The number of hydrogen-bond acceptors (Lipinski definition) is 5. The van der Waals surface area contributed by atoms with Crippen LogP contribution in [0.5, 0.6) is 0 Å². The van der Waals surface area contributed by atoms with Gasteiger partial charge in [0.05, 0.1) is 10.6 Å². The Kier molecular flexibility index (Phi) is 4.59. The van der Waals surface area contributed by atoms with Crippen LogP contribution in [0.4, 0.5) is 11.4 Å². The Morgan fingerprint density at radius 1 is 1.30 bits per heavy atom. The van der Waals surface area contributed by atoms with E-state index in [4.69, 9.17) is 11.6 Å². The van der Waals surface area contributed by atoms with E-state index in [1.807, 2.05) is 12.3 Å². The number of benzene rings is 2. The van der Waals surface area contributed by atoms with E-state index in [-0.39, 0.29) is 16.3 Å². The van der Waals surface area contributed by atoms with Gasteiger partial charge in [0, 0.05) is 40.8 Å². The summed E-state index contributed by atoms with van der Waals surface area (Å²) < 4.78 is 2.10. The molecule has 0 bridgehead atoms. The van der Waals surface area contributed by atoms with Gasteiger partial charge in [-0.3, -0.25) is 14.9 Å². The molecule has 3 aromatic rings. The second-order valence-electron chi connectivity index (χ2n) is 5.90. The lowest BCUT2D eigenvalue weighted by atomic mass is 10.1. The van der Waals surface area contributed by atoms with Crippen LogP contribution >= 0.6 is 23.4 Å². The Hall–Kier alpha value is -2.84. The molecule has 1 N–H and O–H groups in total. The number of aryl methyl sites for hydroxylation is 1. The number of nitro groups is 1. The summed E-state index contributed by atoms with van der Waals surface area (Å²) in [6.45, 7) is 0.932. The average molecular weight is 401 g/mol. The van der Waals surface area contributed by atoms with Crippen LogP contribution in [0.3, 0.4) is 0 Å². The fraction of sp³-hybridized carbons (Fsp3) is 0.111. The van der Waals surface area contributed by atoms with Gasteiger partial charge in [-0.05, 0) is 24.3 Å². The van der Waals surface area contributed by atoms with Gasteiger partial charge >= 0.3 is 0 Å². The van der Waals surface area contributed by atoms with Gasteiger partial charge in [-0.15, -0.1) is 0 Å². The minimum absolute atomic E-state index is 0.0877. The van der Waals surface area contributed by atoms with Gasteiger partial charge in [0.25, 0.3) is 11.6 Å². The zero-order valence-corrected chi connectivity index (χ0v) is 15.5. The number of thioether (sulfide) groups is 1. The zero-order chi connectivity index (χ0) is 19.0. The molecule has 0 fully saturated rings. The fourth-order valence-electron chi connectivity index (χ4n) is 2.85. The number of nitro benzene ring substituents is 1. The van der Waals surface area contributed by atoms with E-state index in [2.05, 4.69) is 14.9 Å². The number of imidazole rings is 1. The third-order valence-electron chi connectivity index (χ3n) is 4.12. The van der Waals surface area contributed by atoms with E-state index in [0.717, 1.165) is 28.7 Å². The van der Waals surface area contributed by atoms with E-state index >= 15 is 0 Å². The summed E-state index contributed by atoms with van der Waals surface area (Å²) in [6, 6.07) is 11.1. The lowest BCUT2D eigenvalue weighted by Gasteiger charge is -2.07. The molecule has 2 heterocycles. The van der Waals surface area contributed by atoms with Gasteiger partial charge in [0.1, 0.15) is 5.56 Å². The van der Waals surface area contributed by atoms with Crippen molar-refractivity contribution in [2.24, 2.45) is 0 Å². The summed E-state index contributed by atoms with van der Waals surface area (Å²) in [5, 5.41) is 15.1. The number of anilines is 1. The summed E-state index contributed by atoms with van der Waals surface area (Å²) in [7, 11) is 0. The maximum atomic E-state index is 12.6. The standard InChI is InChI=1S/C18H13ClN4O3S/c19-12-4-5-16(23(25)26)14(9-12)17(24)20-13-3-1-2-11(8-13)15-10-22-6-7-27-18(22)21-15/h1-5,8-10H,6-7H2,(H,20,24). The largest absolute Gasteiger partial charge is 0.325 e. The molecule has 0 radical (unpaired) electrons. The van der Waals surface area contributed by atoms with Crippen LogP contribution in [0.2, 0.25) is 5.02 Å². The maximum Gasteiger partial charge on any atom is 0.282 e. The molecule has 0 saturated heterocycles. The second kappa shape index (κ2) is 7.05. The van der Waals surface area contributed by atoms with Gasteiger partial charge in [-0.25, -0.2) is 4.98 Å². The van der Waals surface area contributed by atoms with Gasteiger partial charge in [-0.2, -0.15) is 0 Å². The number of amides is 1. The molecule has 27 heavy (non-hydrogen) atoms. The third-order valence-corrected chi connectivity index (χ3v) is 5.33. The summed E-state index contributed by atoms with van der Waals surface area (Å²) in [5.74, 6) is 0.432. The van der Waals surface area contributed by atoms with Crippen molar-refractivity contribution in [3.8, 4) is 11.3 Å². The second-order valence-corrected chi connectivity index (χ2v) is 7.40. The van der Waals surface area contributed by atoms with E-state index in [1.54, 1.807) is 30.0 Å². The Labute approximate surface area is 163 Å². The summed E-state index contributed by atoms with van der Waals surface area (Å²) >= 11 is 7.60. The molecule has 0 aliphatic carbocycles. The van der Waals surface area contributed by atoms with Gasteiger partial charge < -0.3 is 9.88 Å². The van der Waals surface area contributed by atoms with Gasteiger partial charge in [0.15, 0.2) is 5.16 Å². The molecule has 2 aromatic carbocycles. The first-order valence-electron chi connectivity index (χ1n) is 8.07. The summed E-state index contributed by atoms with van der Waals surface area (Å²) in [4.78, 5) is 27.7. The molecule has 1 aliphatic heterocycles. The first kappa shape index (κ1) is 17.6. The van der Waals surface area contributed by atoms with Crippen LogP contribution in [0, 0.1) is 10.1 Å². The average Bonchev–Trinajstić information content (AvgIpc) is 3.23. The van der Waals surface area contributed by atoms with Crippen molar-refractivity contribution in [2.75, 3.05) is 11.1 Å². The highest BCUT2D eigenvalue weighted by Crippen LogP contribution is 2.30. The highest BCUT2D eigenvalue weighted by molar-refractivity contribution is 7.99. The summed E-state index contributed by atoms with van der Waals surface area (Å²) in [6.07, 6.45) is 1.98. The van der Waals surface area contributed by atoms with Crippen molar-refractivity contribution in [2.45, 2.75) is 11.7 Å². The Bertz CT molecular complexity index is 1050. The molecule has 136 valence electrons. The van der Waals surface area contributed by atoms with Crippen molar-refractivity contribution in [1.82, 2.24) is 9.55 Å². The minimum atomic E-state index is -0.605. The van der Waals surface area contributed by atoms with E-state index in [1.165, 1.54) is 18.2 Å². The van der Waals surface area contributed by atoms with Crippen molar-refractivity contribution in [1.29, 1.82) is 0 Å². The number of nitrogens with zero attached hydrogens (tertiary/aromatic N) is 3. The predicted molar refractivity (Wildman–Crippen MR) is 104 cm³/mol. The van der Waals surface area contributed by atoms with Gasteiger partial charge in [-0.1, -0.05) is 35.5 Å². The van der Waals surface area contributed by atoms with Gasteiger partial charge in [0.2, 0.25) is 0 Å². The van der Waals surface area contributed by atoms with Crippen LogP contribution in [0.1, 0.15) is 10.4 Å². The van der Waals surface area contributed by atoms with Crippen molar-refractivity contribution >= 4 is 40.6 Å². The zero-order valence-electron chi connectivity index (χ0n) is 13.9. The van der Waals surface area contributed by atoms with Crippen LogP contribution in [0.15, 0.2) is 53.8 Å². The SMILES string of the molecule is O=C(Nc1cccc(-c2cn3c(n2)SCC3)c1)c1cc(Cl)ccc1[N+](=O)[O-]. The molecule has 1 amide bonds. The van der Waals surface area contributed by atoms with E-state index in [0.29, 0.717) is 5.69 Å². The molecule has 0 unspecified atom stereocenters. The summed E-state index contributed by atoms with van der Waals surface area (Å²) in [5.41, 5.74) is 1.82. The lowest BCUT2D eigenvalue weighted by Crippen LogP contribution is -2.14. The molecule has 0 spiro atoms. The maximum absolute atomic E-state index is 12.6. The molecule has 4 rings (SSSR count). The monoisotopic (exact) mass is 400 g/mol. The normalized spacial score (nSPS) is 12.6. The molecule has 0 saturated carbocycles. The molecule has 9 heteroatoms. The van der Waals surface area contributed by atoms with Crippen LogP contribution < -0.4 is 5.32 Å². The number of rotatable bonds is 4. The minimum Gasteiger partial charge on any atom is -0.325 e.